The molecule has 1 amide bonds. The van der Waals surface area contributed by atoms with E-state index >= 15 is 0 Å². The number of carbonyl (C=O) groups excluding carboxylic acids is 1. The molecule has 0 saturated heterocycles. The van der Waals surface area contributed by atoms with Gasteiger partial charge in [0.2, 0.25) is 5.91 Å². The molecule has 128 valence electrons. The highest BCUT2D eigenvalue weighted by Gasteiger charge is 2.18. The van der Waals surface area contributed by atoms with Gasteiger partial charge in [-0.05, 0) is 52.3 Å². The van der Waals surface area contributed by atoms with Gasteiger partial charge in [0, 0.05) is 11.4 Å². The number of aromatic nitrogens is 2. The molecule has 1 atom stereocenters. The molecule has 0 radical (unpaired) electrons. The van der Waals surface area contributed by atoms with E-state index < -0.39 is 0 Å². The molecule has 0 aliphatic heterocycles. The molecule has 1 N–H and O–H groups in total. The summed E-state index contributed by atoms with van der Waals surface area (Å²) in [5.74, 6) is 0.565. The summed E-state index contributed by atoms with van der Waals surface area (Å²) in [6.45, 7) is 10.2. The smallest absolute Gasteiger partial charge is 0.237 e. The van der Waals surface area contributed by atoms with Gasteiger partial charge in [-0.25, -0.2) is 9.97 Å². The van der Waals surface area contributed by atoms with Crippen molar-refractivity contribution in [3.8, 4) is 5.75 Å². The molecule has 24 heavy (non-hydrogen) atoms. The number of para-hydroxylation sites is 2. The average molecular weight is 345 g/mol. The van der Waals surface area contributed by atoms with Crippen molar-refractivity contribution >= 4 is 23.4 Å². The second-order valence-corrected chi connectivity index (χ2v) is 6.79. The fourth-order valence-electron chi connectivity index (χ4n) is 2.09. The van der Waals surface area contributed by atoms with E-state index in [1.54, 1.807) is 0 Å². The zero-order chi connectivity index (χ0) is 17.7. The minimum atomic E-state index is -0.318. The molecule has 0 fully saturated rings. The van der Waals surface area contributed by atoms with Crippen molar-refractivity contribution in [2.75, 3.05) is 11.9 Å². The molecule has 5 nitrogen and oxygen atoms in total. The lowest BCUT2D eigenvalue weighted by Gasteiger charge is -2.15. The molecular formula is C18H23N3O2S. The standard InChI is InChI=1S/C18H23N3O2S/c1-6-23-16-10-8-7-9-15(16)21-17(22)14(5)24-18-19-12(3)11(2)13(4)20-18/h7-10,14H,6H2,1-5H3,(H,21,22)/t14-/m1/s1. The molecule has 0 unspecified atom stereocenters. The van der Waals surface area contributed by atoms with E-state index in [1.165, 1.54) is 11.8 Å². The van der Waals surface area contributed by atoms with Gasteiger partial charge in [-0.15, -0.1) is 0 Å². The number of rotatable bonds is 6. The van der Waals surface area contributed by atoms with Crippen LogP contribution < -0.4 is 10.1 Å². The molecule has 0 spiro atoms. The lowest BCUT2D eigenvalue weighted by molar-refractivity contribution is -0.115. The first kappa shape index (κ1) is 18.3. The van der Waals surface area contributed by atoms with Crippen LogP contribution in [0.1, 0.15) is 30.8 Å². The fourth-order valence-corrected chi connectivity index (χ4v) is 2.95. The van der Waals surface area contributed by atoms with E-state index in [0.717, 1.165) is 17.0 Å². The summed E-state index contributed by atoms with van der Waals surface area (Å²) in [7, 11) is 0. The molecule has 0 aliphatic rings. The van der Waals surface area contributed by atoms with E-state index in [0.29, 0.717) is 23.2 Å². The first-order valence-electron chi connectivity index (χ1n) is 7.93. The van der Waals surface area contributed by atoms with Crippen LogP contribution in [0.4, 0.5) is 5.69 Å². The van der Waals surface area contributed by atoms with Gasteiger partial charge in [-0.1, -0.05) is 23.9 Å². The van der Waals surface area contributed by atoms with Crippen molar-refractivity contribution in [3.63, 3.8) is 0 Å². The molecule has 0 bridgehead atoms. The van der Waals surface area contributed by atoms with E-state index in [1.807, 2.05) is 58.9 Å². The van der Waals surface area contributed by atoms with E-state index in [2.05, 4.69) is 15.3 Å². The van der Waals surface area contributed by atoms with Crippen LogP contribution in [0, 0.1) is 20.8 Å². The molecule has 2 aromatic rings. The maximum absolute atomic E-state index is 12.5. The Labute approximate surface area is 147 Å². The Morgan fingerprint density at radius 2 is 1.83 bits per heavy atom. The van der Waals surface area contributed by atoms with Crippen molar-refractivity contribution in [2.45, 2.75) is 45.0 Å². The van der Waals surface area contributed by atoms with E-state index in [4.69, 9.17) is 4.74 Å². The SMILES string of the molecule is CCOc1ccccc1NC(=O)[C@@H](C)Sc1nc(C)c(C)c(C)n1. The molecular weight excluding hydrogens is 322 g/mol. The summed E-state index contributed by atoms with van der Waals surface area (Å²) in [5, 5.41) is 3.22. The predicted molar refractivity (Wildman–Crippen MR) is 97.8 cm³/mol. The number of carbonyl (C=O) groups is 1. The third-order valence-corrected chi connectivity index (χ3v) is 4.67. The summed E-state index contributed by atoms with van der Waals surface area (Å²) < 4.78 is 5.53. The zero-order valence-corrected chi connectivity index (χ0v) is 15.5. The predicted octanol–water partition coefficient (Wildman–Crippen LogP) is 3.92. The summed E-state index contributed by atoms with van der Waals surface area (Å²) in [6, 6.07) is 7.42. The van der Waals surface area contributed by atoms with Crippen LogP contribution in [0.5, 0.6) is 5.75 Å². The maximum atomic E-state index is 12.5. The minimum Gasteiger partial charge on any atom is -0.492 e. The molecule has 0 aliphatic carbocycles. The van der Waals surface area contributed by atoms with Crippen LogP contribution in [-0.2, 0) is 4.79 Å². The number of ether oxygens (including phenoxy) is 1. The number of aryl methyl sites for hydroxylation is 2. The first-order valence-corrected chi connectivity index (χ1v) is 8.81. The number of thioether (sulfide) groups is 1. The highest BCUT2D eigenvalue weighted by molar-refractivity contribution is 8.00. The van der Waals surface area contributed by atoms with Crippen LogP contribution >= 0.6 is 11.8 Å². The van der Waals surface area contributed by atoms with Gasteiger partial charge in [-0.3, -0.25) is 4.79 Å². The Kier molecular flexibility index (Phi) is 6.20. The lowest BCUT2D eigenvalue weighted by atomic mass is 10.2. The number of hydrogen-bond acceptors (Lipinski definition) is 5. The second-order valence-electron chi connectivity index (χ2n) is 5.48. The first-order chi connectivity index (χ1) is 11.4. The largest absolute Gasteiger partial charge is 0.492 e. The number of anilines is 1. The van der Waals surface area contributed by atoms with Crippen LogP contribution in [0.25, 0.3) is 0 Å². The number of nitrogens with zero attached hydrogens (tertiary/aromatic N) is 2. The van der Waals surface area contributed by atoms with Crippen molar-refractivity contribution in [1.29, 1.82) is 0 Å². The van der Waals surface area contributed by atoms with E-state index in [-0.39, 0.29) is 11.2 Å². The Hall–Kier alpha value is -2.08. The van der Waals surface area contributed by atoms with Crippen LogP contribution in [-0.4, -0.2) is 27.7 Å². The summed E-state index contributed by atoms with van der Waals surface area (Å²) in [6.07, 6.45) is 0. The van der Waals surface area contributed by atoms with Gasteiger partial charge < -0.3 is 10.1 Å². The average Bonchev–Trinajstić information content (AvgIpc) is 2.54. The van der Waals surface area contributed by atoms with Crippen molar-refractivity contribution in [3.05, 3.63) is 41.2 Å². The van der Waals surface area contributed by atoms with Crippen molar-refractivity contribution in [2.24, 2.45) is 0 Å². The Morgan fingerprint density at radius 3 is 2.46 bits per heavy atom. The Morgan fingerprint density at radius 1 is 1.21 bits per heavy atom. The van der Waals surface area contributed by atoms with Crippen LogP contribution in [0.3, 0.4) is 0 Å². The van der Waals surface area contributed by atoms with Gasteiger partial charge in [0.15, 0.2) is 5.16 Å². The molecule has 6 heteroatoms. The molecule has 1 heterocycles. The van der Waals surface area contributed by atoms with Crippen LogP contribution in [0.15, 0.2) is 29.4 Å². The Balaban J connectivity index is 2.08. The van der Waals surface area contributed by atoms with E-state index in [9.17, 15) is 4.79 Å². The van der Waals surface area contributed by atoms with Crippen molar-refractivity contribution in [1.82, 2.24) is 9.97 Å². The number of hydrogen-bond donors (Lipinski definition) is 1. The highest BCUT2D eigenvalue weighted by atomic mass is 32.2. The third-order valence-electron chi connectivity index (χ3n) is 3.71. The second kappa shape index (κ2) is 8.15. The zero-order valence-electron chi connectivity index (χ0n) is 14.7. The van der Waals surface area contributed by atoms with Gasteiger partial charge in [0.25, 0.3) is 0 Å². The molecule has 1 aromatic heterocycles. The monoisotopic (exact) mass is 345 g/mol. The maximum Gasteiger partial charge on any atom is 0.237 e. The van der Waals surface area contributed by atoms with Gasteiger partial charge in [-0.2, -0.15) is 0 Å². The highest BCUT2D eigenvalue weighted by Crippen LogP contribution is 2.26. The third kappa shape index (κ3) is 4.47. The molecule has 2 rings (SSSR count). The van der Waals surface area contributed by atoms with Gasteiger partial charge >= 0.3 is 0 Å². The quantitative estimate of drug-likeness (QED) is 0.635. The Bertz CT molecular complexity index is 711. The normalized spacial score (nSPS) is 11.9. The summed E-state index contributed by atoms with van der Waals surface area (Å²) >= 11 is 1.35. The molecule has 1 aromatic carbocycles. The topological polar surface area (TPSA) is 64.1 Å². The summed E-state index contributed by atoms with van der Waals surface area (Å²) in [4.78, 5) is 21.4. The number of amides is 1. The lowest BCUT2D eigenvalue weighted by Crippen LogP contribution is -2.23. The number of nitrogens with one attached hydrogen (secondary N) is 1. The van der Waals surface area contributed by atoms with Crippen LogP contribution in [0.2, 0.25) is 0 Å². The van der Waals surface area contributed by atoms with Crippen molar-refractivity contribution < 1.29 is 9.53 Å². The number of benzene rings is 1. The van der Waals surface area contributed by atoms with Gasteiger partial charge in [0.1, 0.15) is 5.75 Å². The summed E-state index contributed by atoms with van der Waals surface area (Å²) in [5.41, 5.74) is 3.65. The minimum absolute atomic E-state index is 0.105. The molecule has 0 saturated carbocycles. The van der Waals surface area contributed by atoms with Gasteiger partial charge in [0.05, 0.1) is 17.5 Å². The fraction of sp³-hybridized carbons (Fsp3) is 0.389.